The van der Waals surface area contributed by atoms with Crippen LogP contribution in [0.4, 0.5) is 0 Å². The second kappa shape index (κ2) is 6.90. The Morgan fingerprint density at radius 3 is 2.96 bits per heavy atom. The number of benzene rings is 1. The Balaban J connectivity index is 1.64. The molecule has 1 aromatic rings. The molecule has 23 heavy (non-hydrogen) atoms. The molecule has 0 radical (unpaired) electrons. The second-order valence-corrected chi connectivity index (χ2v) is 7.11. The Kier molecular flexibility index (Phi) is 4.89. The molecule has 2 fully saturated rings. The van der Waals surface area contributed by atoms with Gasteiger partial charge in [-0.05, 0) is 43.2 Å². The van der Waals surface area contributed by atoms with Crippen molar-refractivity contribution in [3.05, 3.63) is 34.9 Å². The summed E-state index contributed by atoms with van der Waals surface area (Å²) in [5, 5.41) is 10.0. The first-order valence-electron chi connectivity index (χ1n) is 8.30. The Hall–Kier alpha value is -1.57. The Morgan fingerprint density at radius 1 is 1.43 bits per heavy atom. The van der Waals surface area contributed by atoms with Gasteiger partial charge in [-0.25, -0.2) is 0 Å². The molecule has 1 aromatic carbocycles. The fraction of sp³-hybridized carbons (Fsp3) is 0.556. The molecule has 0 unspecified atom stereocenters. The van der Waals surface area contributed by atoms with Crippen LogP contribution in [0.1, 0.15) is 37.7 Å². The Bertz CT molecular complexity index is 627. The molecule has 1 heterocycles. The number of likely N-dealkylation sites (tertiary alicyclic amines) is 1. The van der Waals surface area contributed by atoms with Gasteiger partial charge >= 0.3 is 0 Å². The zero-order chi connectivity index (χ0) is 16.4. The number of halogens is 1. The molecule has 4 atom stereocenters. The van der Waals surface area contributed by atoms with Crippen LogP contribution >= 0.6 is 11.6 Å². The molecule has 122 valence electrons. The van der Waals surface area contributed by atoms with E-state index in [0.29, 0.717) is 17.4 Å². The van der Waals surface area contributed by atoms with E-state index in [1.54, 1.807) is 0 Å². The average Bonchev–Trinajstić information content (AvgIpc) is 3.09. The summed E-state index contributed by atoms with van der Waals surface area (Å²) in [5.41, 5.74) is 7.14. The predicted octanol–water partition coefficient (Wildman–Crippen LogP) is 2.89. The van der Waals surface area contributed by atoms with Gasteiger partial charge in [0, 0.05) is 23.5 Å². The molecule has 0 spiro atoms. The highest BCUT2D eigenvalue weighted by Crippen LogP contribution is 2.41. The third-order valence-electron chi connectivity index (χ3n) is 5.15. The van der Waals surface area contributed by atoms with Crippen molar-refractivity contribution in [2.75, 3.05) is 0 Å². The van der Waals surface area contributed by atoms with Gasteiger partial charge in [-0.3, -0.25) is 4.79 Å². The van der Waals surface area contributed by atoms with Crippen LogP contribution in [-0.4, -0.2) is 28.9 Å². The largest absolute Gasteiger partial charge is 0.327 e. The van der Waals surface area contributed by atoms with E-state index in [1.165, 1.54) is 0 Å². The minimum Gasteiger partial charge on any atom is -0.327 e. The van der Waals surface area contributed by atoms with E-state index in [4.69, 9.17) is 17.3 Å². The van der Waals surface area contributed by atoms with Crippen molar-refractivity contribution in [2.45, 2.75) is 56.7 Å². The van der Waals surface area contributed by atoms with Gasteiger partial charge in [-0.1, -0.05) is 36.2 Å². The lowest BCUT2D eigenvalue weighted by Crippen LogP contribution is -2.43. The standard InChI is InChI=1S/C18H22ClN3O/c19-16-6-2-1-4-12(16)8-14(21)10-18(23)22-15(11-20)9-13-5-3-7-17(13)22/h1-2,4,6,13-15,17H,3,5,7-10,21H2/t13-,14+,15-,17-/m0/s1. The molecular formula is C18H22ClN3O. The molecule has 0 aromatic heterocycles. The van der Waals surface area contributed by atoms with Crippen LogP contribution < -0.4 is 5.73 Å². The molecule has 1 amide bonds. The normalized spacial score (nSPS) is 27.5. The molecule has 4 nitrogen and oxygen atoms in total. The smallest absolute Gasteiger partial charge is 0.225 e. The molecule has 0 bridgehead atoms. The quantitative estimate of drug-likeness (QED) is 0.922. The van der Waals surface area contributed by atoms with Crippen LogP contribution in [0.2, 0.25) is 5.02 Å². The zero-order valence-electron chi connectivity index (χ0n) is 13.1. The van der Waals surface area contributed by atoms with Crippen LogP contribution in [0.15, 0.2) is 24.3 Å². The van der Waals surface area contributed by atoms with Gasteiger partial charge in [0.05, 0.1) is 6.07 Å². The number of nitrogens with zero attached hydrogens (tertiary/aromatic N) is 2. The van der Waals surface area contributed by atoms with E-state index in [-0.39, 0.29) is 30.5 Å². The molecule has 2 N–H and O–H groups in total. The third-order valence-corrected chi connectivity index (χ3v) is 5.52. The van der Waals surface area contributed by atoms with Crippen molar-refractivity contribution < 1.29 is 4.79 Å². The first-order valence-corrected chi connectivity index (χ1v) is 8.67. The van der Waals surface area contributed by atoms with Crippen molar-refractivity contribution in [2.24, 2.45) is 11.7 Å². The van der Waals surface area contributed by atoms with Crippen LogP contribution in [0.3, 0.4) is 0 Å². The first-order chi connectivity index (χ1) is 11.1. The Labute approximate surface area is 142 Å². The van der Waals surface area contributed by atoms with E-state index >= 15 is 0 Å². The maximum absolute atomic E-state index is 12.7. The summed E-state index contributed by atoms with van der Waals surface area (Å²) in [6, 6.07) is 9.57. The van der Waals surface area contributed by atoms with Gasteiger partial charge in [0.25, 0.3) is 0 Å². The number of fused-ring (bicyclic) bond motifs is 1. The van der Waals surface area contributed by atoms with Gasteiger partial charge < -0.3 is 10.6 Å². The van der Waals surface area contributed by atoms with Crippen molar-refractivity contribution in [1.29, 1.82) is 5.26 Å². The minimum absolute atomic E-state index is 0.0190. The maximum Gasteiger partial charge on any atom is 0.225 e. The SMILES string of the molecule is N#C[C@@H]1C[C@@H]2CCC[C@@H]2N1C(=O)C[C@H](N)Cc1ccccc1Cl. The number of nitrogens with two attached hydrogens (primary N) is 1. The van der Waals surface area contributed by atoms with E-state index in [0.717, 1.165) is 31.2 Å². The number of carbonyl (C=O) groups excluding carboxylic acids is 1. The van der Waals surface area contributed by atoms with Gasteiger partial charge in [0.1, 0.15) is 6.04 Å². The van der Waals surface area contributed by atoms with E-state index < -0.39 is 0 Å². The molecule has 2 aliphatic rings. The number of carbonyl (C=O) groups is 1. The molecule has 1 saturated heterocycles. The summed E-state index contributed by atoms with van der Waals surface area (Å²) in [6.45, 7) is 0. The summed E-state index contributed by atoms with van der Waals surface area (Å²) in [5.74, 6) is 0.522. The molecule has 1 aliphatic carbocycles. The predicted molar refractivity (Wildman–Crippen MR) is 89.7 cm³/mol. The summed E-state index contributed by atoms with van der Waals surface area (Å²) in [4.78, 5) is 14.5. The Morgan fingerprint density at radius 2 is 2.22 bits per heavy atom. The lowest BCUT2D eigenvalue weighted by atomic mass is 10.0. The number of nitriles is 1. The van der Waals surface area contributed by atoms with Crippen molar-refractivity contribution in [3.8, 4) is 6.07 Å². The van der Waals surface area contributed by atoms with E-state index in [2.05, 4.69) is 6.07 Å². The highest BCUT2D eigenvalue weighted by molar-refractivity contribution is 6.31. The van der Waals surface area contributed by atoms with Crippen molar-refractivity contribution >= 4 is 17.5 Å². The number of amides is 1. The second-order valence-electron chi connectivity index (χ2n) is 6.70. The number of hydrogen-bond acceptors (Lipinski definition) is 3. The van der Waals surface area contributed by atoms with Crippen LogP contribution in [0, 0.1) is 17.2 Å². The lowest BCUT2D eigenvalue weighted by molar-refractivity contribution is -0.133. The molecule has 3 rings (SSSR count). The average molecular weight is 332 g/mol. The highest BCUT2D eigenvalue weighted by Gasteiger charge is 2.45. The van der Waals surface area contributed by atoms with E-state index in [1.807, 2.05) is 29.2 Å². The fourth-order valence-corrected chi connectivity index (χ4v) is 4.32. The molecule has 1 saturated carbocycles. The number of rotatable bonds is 4. The van der Waals surface area contributed by atoms with Crippen LogP contribution in [0.25, 0.3) is 0 Å². The fourth-order valence-electron chi connectivity index (χ4n) is 4.11. The topological polar surface area (TPSA) is 70.1 Å². The summed E-state index contributed by atoms with van der Waals surface area (Å²) in [7, 11) is 0. The monoisotopic (exact) mass is 331 g/mol. The van der Waals surface area contributed by atoms with Crippen LogP contribution in [0.5, 0.6) is 0 Å². The summed E-state index contributed by atoms with van der Waals surface area (Å²) < 4.78 is 0. The van der Waals surface area contributed by atoms with Gasteiger partial charge in [-0.2, -0.15) is 5.26 Å². The van der Waals surface area contributed by atoms with Gasteiger partial charge in [-0.15, -0.1) is 0 Å². The first kappa shape index (κ1) is 16.3. The highest BCUT2D eigenvalue weighted by atomic mass is 35.5. The van der Waals surface area contributed by atoms with Crippen molar-refractivity contribution in [3.63, 3.8) is 0 Å². The number of hydrogen-bond donors (Lipinski definition) is 1. The molecule has 5 heteroatoms. The molecular weight excluding hydrogens is 310 g/mol. The van der Waals surface area contributed by atoms with Gasteiger partial charge in [0.2, 0.25) is 5.91 Å². The summed E-state index contributed by atoms with van der Waals surface area (Å²) >= 11 is 6.16. The van der Waals surface area contributed by atoms with E-state index in [9.17, 15) is 10.1 Å². The van der Waals surface area contributed by atoms with Crippen LogP contribution in [-0.2, 0) is 11.2 Å². The van der Waals surface area contributed by atoms with Crippen molar-refractivity contribution in [1.82, 2.24) is 4.90 Å². The lowest BCUT2D eigenvalue weighted by Gasteiger charge is -2.27. The zero-order valence-corrected chi connectivity index (χ0v) is 13.9. The van der Waals surface area contributed by atoms with Gasteiger partial charge in [0.15, 0.2) is 0 Å². The summed E-state index contributed by atoms with van der Waals surface area (Å²) in [6.07, 6.45) is 4.99. The molecule has 1 aliphatic heterocycles. The minimum atomic E-state index is -0.276. The third kappa shape index (κ3) is 3.36. The maximum atomic E-state index is 12.7.